The van der Waals surface area contributed by atoms with E-state index in [1.165, 1.54) is 0 Å². The molecule has 1 atom stereocenters. The van der Waals surface area contributed by atoms with Crippen molar-refractivity contribution in [3.8, 4) is 0 Å². The van der Waals surface area contributed by atoms with Gasteiger partial charge in [0, 0.05) is 11.6 Å². The Morgan fingerprint density at radius 3 is 2.92 bits per heavy atom. The second kappa shape index (κ2) is 4.45. The van der Waals surface area contributed by atoms with Crippen molar-refractivity contribution in [3.05, 3.63) is 34.9 Å². The predicted octanol–water partition coefficient (Wildman–Crippen LogP) is 1.77. The number of aliphatic hydroxyl groups excluding tert-OH is 1. The second-order valence-electron chi connectivity index (χ2n) is 2.69. The van der Waals surface area contributed by atoms with Gasteiger partial charge in [-0.1, -0.05) is 23.7 Å². The van der Waals surface area contributed by atoms with Crippen LogP contribution >= 0.6 is 11.6 Å². The normalized spacial score (nSPS) is 12.9. The monoisotopic (exact) mass is 185 g/mol. The standard InChI is InChI=1S/C9H12ClNO/c1-7(12)11-6-8-3-2-4-9(10)5-8/h2-5,7,11-12H,6H2,1H3. The van der Waals surface area contributed by atoms with Crippen LogP contribution in [0.25, 0.3) is 0 Å². The molecule has 0 aromatic heterocycles. The summed E-state index contributed by atoms with van der Waals surface area (Å²) in [6, 6.07) is 7.55. The number of nitrogens with one attached hydrogen (secondary N) is 1. The quantitative estimate of drug-likeness (QED) is 0.704. The lowest BCUT2D eigenvalue weighted by Crippen LogP contribution is -2.24. The van der Waals surface area contributed by atoms with E-state index in [0.717, 1.165) is 10.6 Å². The molecule has 1 rings (SSSR count). The minimum Gasteiger partial charge on any atom is -0.379 e. The number of aliphatic hydroxyl groups is 1. The van der Waals surface area contributed by atoms with Crippen LogP contribution in [0.3, 0.4) is 0 Å². The fourth-order valence-electron chi connectivity index (χ4n) is 0.912. The van der Waals surface area contributed by atoms with E-state index in [1.807, 2.05) is 24.3 Å². The zero-order chi connectivity index (χ0) is 8.97. The minimum absolute atomic E-state index is 0.482. The maximum absolute atomic E-state index is 8.94. The molecule has 0 radical (unpaired) electrons. The van der Waals surface area contributed by atoms with Crippen LogP contribution in [0.1, 0.15) is 12.5 Å². The molecular weight excluding hydrogens is 174 g/mol. The third-order valence-corrected chi connectivity index (χ3v) is 1.73. The average Bonchev–Trinajstić information content (AvgIpc) is 2.01. The third kappa shape index (κ3) is 3.22. The zero-order valence-corrected chi connectivity index (χ0v) is 7.67. The van der Waals surface area contributed by atoms with Crippen LogP contribution in [0.15, 0.2) is 24.3 Å². The van der Waals surface area contributed by atoms with E-state index in [4.69, 9.17) is 16.7 Å². The molecule has 1 aromatic carbocycles. The van der Waals surface area contributed by atoms with Crippen molar-refractivity contribution in [1.82, 2.24) is 5.32 Å². The number of halogens is 1. The maximum Gasteiger partial charge on any atom is 0.102 e. The molecule has 66 valence electrons. The van der Waals surface area contributed by atoms with Gasteiger partial charge < -0.3 is 5.11 Å². The molecule has 0 heterocycles. The van der Waals surface area contributed by atoms with Gasteiger partial charge in [-0.05, 0) is 24.6 Å². The maximum atomic E-state index is 8.94. The first-order valence-electron chi connectivity index (χ1n) is 3.84. The highest BCUT2D eigenvalue weighted by molar-refractivity contribution is 6.30. The van der Waals surface area contributed by atoms with Crippen molar-refractivity contribution in [1.29, 1.82) is 0 Å². The van der Waals surface area contributed by atoms with Crippen molar-refractivity contribution in [3.63, 3.8) is 0 Å². The van der Waals surface area contributed by atoms with Crippen LogP contribution in [0.5, 0.6) is 0 Å². The van der Waals surface area contributed by atoms with Crippen molar-refractivity contribution in [2.24, 2.45) is 0 Å². The lowest BCUT2D eigenvalue weighted by molar-refractivity contribution is 0.155. The molecule has 0 aliphatic carbocycles. The van der Waals surface area contributed by atoms with E-state index in [0.29, 0.717) is 6.54 Å². The van der Waals surface area contributed by atoms with Gasteiger partial charge in [0.05, 0.1) is 0 Å². The second-order valence-corrected chi connectivity index (χ2v) is 3.12. The summed E-state index contributed by atoms with van der Waals surface area (Å²) in [6.45, 7) is 2.32. The van der Waals surface area contributed by atoms with Crippen LogP contribution in [0.2, 0.25) is 5.02 Å². The molecule has 3 heteroatoms. The summed E-state index contributed by atoms with van der Waals surface area (Å²) in [5.41, 5.74) is 1.07. The fourth-order valence-corrected chi connectivity index (χ4v) is 1.13. The van der Waals surface area contributed by atoms with Gasteiger partial charge in [0.1, 0.15) is 6.23 Å². The highest BCUT2D eigenvalue weighted by Crippen LogP contribution is 2.10. The molecule has 0 aliphatic rings. The molecule has 0 amide bonds. The van der Waals surface area contributed by atoms with Gasteiger partial charge in [-0.15, -0.1) is 0 Å². The molecule has 0 aliphatic heterocycles. The van der Waals surface area contributed by atoms with E-state index in [-0.39, 0.29) is 0 Å². The number of hydrogen-bond donors (Lipinski definition) is 2. The Hall–Kier alpha value is -0.570. The first kappa shape index (κ1) is 9.52. The summed E-state index contributed by atoms with van der Waals surface area (Å²) >= 11 is 5.77. The van der Waals surface area contributed by atoms with Crippen LogP contribution in [-0.4, -0.2) is 11.3 Å². The Kier molecular flexibility index (Phi) is 3.53. The van der Waals surface area contributed by atoms with E-state index >= 15 is 0 Å². The van der Waals surface area contributed by atoms with E-state index < -0.39 is 6.23 Å². The molecule has 0 saturated carbocycles. The smallest absolute Gasteiger partial charge is 0.102 e. The Balaban J connectivity index is 2.52. The first-order valence-corrected chi connectivity index (χ1v) is 4.22. The Morgan fingerprint density at radius 2 is 2.33 bits per heavy atom. The Bertz CT molecular complexity index is 250. The summed E-state index contributed by atoms with van der Waals surface area (Å²) in [7, 11) is 0. The third-order valence-electron chi connectivity index (χ3n) is 1.49. The SMILES string of the molecule is CC(O)NCc1cccc(Cl)c1. The molecule has 0 saturated heterocycles. The lowest BCUT2D eigenvalue weighted by Gasteiger charge is -2.06. The van der Waals surface area contributed by atoms with Gasteiger partial charge in [-0.2, -0.15) is 0 Å². The zero-order valence-electron chi connectivity index (χ0n) is 6.92. The number of hydrogen-bond acceptors (Lipinski definition) is 2. The van der Waals surface area contributed by atoms with Gasteiger partial charge >= 0.3 is 0 Å². The fraction of sp³-hybridized carbons (Fsp3) is 0.333. The minimum atomic E-state index is -0.482. The molecule has 1 aromatic rings. The van der Waals surface area contributed by atoms with E-state index in [1.54, 1.807) is 6.92 Å². The molecule has 0 spiro atoms. The average molecular weight is 186 g/mol. The molecule has 0 fully saturated rings. The van der Waals surface area contributed by atoms with E-state index in [9.17, 15) is 0 Å². The van der Waals surface area contributed by atoms with Crippen molar-refractivity contribution in [2.45, 2.75) is 19.7 Å². The van der Waals surface area contributed by atoms with Crippen LogP contribution < -0.4 is 5.32 Å². The summed E-state index contributed by atoms with van der Waals surface area (Å²) in [5.74, 6) is 0. The van der Waals surface area contributed by atoms with Crippen molar-refractivity contribution >= 4 is 11.6 Å². The van der Waals surface area contributed by atoms with Gasteiger partial charge in [0.25, 0.3) is 0 Å². The van der Waals surface area contributed by atoms with Gasteiger partial charge in [0.2, 0.25) is 0 Å². The molecule has 2 N–H and O–H groups in total. The lowest BCUT2D eigenvalue weighted by atomic mass is 10.2. The summed E-state index contributed by atoms with van der Waals surface area (Å²) in [6.07, 6.45) is -0.482. The summed E-state index contributed by atoms with van der Waals surface area (Å²) in [4.78, 5) is 0. The molecule has 0 bridgehead atoms. The molecule has 2 nitrogen and oxygen atoms in total. The van der Waals surface area contributed by atoms with Crippen molar-refractivity contribution in [2.75, 3.05) is 0 Å². The van der Waals surface area contributed by atoms with Crippen molar-refractivity contribution < 1.29 is 5.11 Å². The topological polar surface area (TPSA) is 32.3 Å². The van der Waals surface area contributed by atoms with Crippen LogP contribution in [0, 0.1) is 0 Å². The van der Waals surface area contributed by atoms with Crippen LogP contribution in [0.4, 0.5) is 0 Å². The largest absolute Gasteiger partial charge is 0.379 e. The van der Waals surface area contributed by atoms with E-state index in [2.05, 4.69) is 5.32 Å². The highest BCUT2D eigenvalue weighted by atomic mass is 35.5. The number of benzene rings is 1. The van der Waals surface area contributed by atoms with Gasteiger partial charge in [-0.25, -0.2) is 0 Å². The molecule has 1 unspecified atom stereocenters. The highest BCUT2D eigenvalue weighted by Gasteiger charge is 1.95. The predicted molar refractivity (Wildman–Crippen MR) is 50.0 cm³/mol. The summed E-state index contributed by atoms with van der Waals surface area (Å²) in [5, 5.41) is 12.5. The van der Waals surface area contributed by atoms with Gasteiger partial charge in [0.15, 0.2) is 0 Å². The molecular formula is C9H12ClNO. The van der Waals surface area contributed by atoms with Gasteiger partial charge in [-0.3, -0.25) is 5.32 Å². The first-order chi connectivity index (χ1) is 5.68. The van der Waals surface area contributed by atoms with Crippen LogP contribution in [-0.2, 0) is 6.54 Å². The summed E-state index contributed by atoms with van der Waals surface area (Å²) < 4.78 is 0. The molecule has 12 heavy (non-hydrogen) atoms. The Labute approximate surface area is 77.2 Å². The Morgan fingerprint density at radius 1 is 1.58 bits per heavy atom. The number of rotatable bonds is 3.